The van der Waals surface area contributed by atoms with Crippen LogP contribution in [0.5, 0.6) is 0 Å². The summed E-state index contributed by atoms with van der Waals surface area (Å²) in [5, 5.41) is 6.97. The molecule has 0 radical (unpaired) electrons. The summed E-state index contributed by atoms with van der Waals surface area (Å²) in [4.78, 5) is 0. The van der Waals surface area contributed by atoms with E-state index in [-0.39, 0.29) is 6.04 Å². The molecular weight excluding hydrogens is 268 g/mol. The average molecular weight is 288 g/mol. The Kier molecular flexibility index (Phi) is 4.24. The summed E-state index contributed by atoms with van der Waals surface area (Å²) in [6.07, 6.45) is 0. The molecule has 1 fully saturated rings. The van der Waals surface area contributed by atoms with E-state index in [1.807, 2.05) is 0 Å². The normalized spacial score (nSPS) is 19.5. The summed E-state index contributed by atoms with van der Waals surface area (Å²) in [5.74, 6) is 0.646. The van der Waals surface area contributed by atoms with Gasteiger partial charge in [-0.3, -0.25) is 0 Å². The van der Waals surface area contributed by atoms with E-state index in [0.717, 1.165) is 5.56 Å². The predicted octanol–water partition coefficient (Wildman–Crippen LogP) is 0.0920. The molecule has 0 aromatic carbocycles. The smallest absolute Gasteiger partial charge is 0.280 e. The fourth-order valence-electron chi connectivity index (χ4n) is 2.35. The maximum Gasteiger partial charge on any atom is 0.280 e. The third kappa shape index (κ3) is 3.14. The lowest BCUT2D eigenvalue weighted by Crippen LogP contribution is -2.50. The lowest BCUT2D eigenvalue weighted by atomic mass is 10.1. The summed E-state index contributed by atoms with van der Waals surface area (Å²) < 4.78 is 33.7. The Morgan fingerprint density at radius 1 is 1.37 bits per heavy atom. The van der Waals surface area contributed by atoms with E-state index >= 15 is 0 Å². The van der Waals surface area contributed by atoms with Gasteiger partial charge in [-0.05, 0) is 20.8 Å². The Labute approximate surface area is 113 Å². The summed E-state index contributed by atoms with van der Waals surface area (Å²) in [7, 11) is -3.47. The molecule has 1 aromatic heterocycles. The highest BCUT2D eigenvalue weighted by Crippen LogP contribution is 2.22. The second-order valence-electron chi connectivity index (χ2n) is 4.73. The second-order valence-corrected chi connectivity index (χ2v) is 6.43. The molecule has 8 heteroatoms. The van der Waals surface area contributed by atoms with Crippen LogP contribution in [0, 0.1) is 13.8 Å². The van der Waals surface area contributed by atoms with Gasteiger partial charge in [-0.25, -0.2) is 0 Å². The Morgan fingerprint density at radius 2 is 2.00 bits per heavy atom. The maximum absolute atomic E-state index is 12.2. The van der Waals surface area contributed by atoms with E-state index in [2.05, 4.69) is 15.2 Å². The van der Waals surface area contributed by atoms with Crippen LogP contribution in [0.15, 0.2) is 4.52 Å². The van der Waals surface area contributed by atoms with Crippen LogP contribution < -0.4 is 10.0 Å². The van der Waals surface area contributed by atoms with Crippen LogP contribution in [-0.4, -0.2) is 44.1 Å². The first kappa shape index (κ1) is 14.4. The minimum Gasteiger partial charge on any atom is -0.361 e. The van der Waals surface area contributed by atoms with E-state index < -0.39 is 10.2 Å². The summed E-state index contributed by atoms with van der Waals surface area (Å²) in [6.45, 7) is 7.73. The standard InChI is InChI=1S/C11H20N4O3S/c1-8-11(10(3)18-13-8)9(2)14-19(16,17)15-6-4-12-5-7-15/h9,12,14H,4-7H2,1-3H3. The van der Waals surface area contributed by atoms with Crippen LogP contribution in [0.1, 0.15) is 30.0 Å². The maximum atomic E-state index is 12.2. The quantitative estimate of drug-likeness (QED) is 0.820. The van der Waals surface area contributed by atoms with Gasteiger partial charge in [-0.1, -0.05) is 5.16 Å². The Balaban J connectivity index is 2.11. The van der Waals surface area contributed by atoms with Gasteiger partial charge in [-0.15, -0.1) is 0 Å². The van der Waals surface area contributed by atoms with Crippen molar-refractivity contribution in [1.29, 1.82) is 0 Å². The fraction of sp³-hybridized carbons (Fsp3) is 0.727. The van der Waals surface area contributed by atoms with Crippen molar-refractivity contribution in [2.45, 2.75) is 26.8 Å². The zero-order valence-corrected chi connectivity index (χ0v) is 12.2. The first-order valence-electron chi connectivity index (χ1n) is 6.32. The molecular formula is C11H20N4O3S. The van der Waals surface area contributed by atoms with Crippen molar-refractivity contribution < 1.29 is 12.9 Å². The van der Waals surface area contributed by atoms with Gasteiger partial charge in [0.2, 0.25) is 0 Å². The lowest BCUT2D eigenvalue weighted by molar-refractivity contribution is 0.352. The highest BCUT2D eigenvalue weighted by molar-refractivity contribution is 7.87. The average Bonchev–Trinajstić information content (AvgIpc) is 2.69. The van der Waals surface area contributed by atoms with Crippen LogP contribution >= 0.6 is 0 Å². The molecule has 7 nitrogen and oxygen atoms in total. The molecule has 0 aliphatic carbocycles. The van der Waals surface area contributed by atoms with Gasteiger partial charge in [0.05, 0.1) is 11.7 Å². The third-order valence-corrected chi connectivity index (χ3v) is 4.96. The number of nitrogens with zero attached hydrogens (tertiary/aromatic N) is 2. The molecule has 19 heavy (non-hydrogen) atoms. The Bertz CT molecular complexity index is 515. The van der Waals surface area contributed by atoms with Gasteiger partial charge < -0.3 is 9.84 Å². The van der Waals surface area contributed by atoms with Crippen molar-refractivity contribution in [3.05, 3.63) is 17.0 Å². The molecule has 0 amide bonds. The number of rotatable bonds is 4. The van der Waals surface area contributed by atoms with E-state index in [4.69, 9.17) is 4.52 Å². The molecule has 1 unspecified atom stereocenters. The third-order valence-electron chi connectivity index (χ3n) is 3.26. The van der Waals surface area contributed by atoms with Crippen molar-refractivity contribution in [3.63, 3.8) is 0 Å². The zero-order chi connectivity index (χ0) is 14.0. The van der Waals surface area contributed by atoms with Crippen molar-refractivity contribution in [2.75, 3.05) is 26.2 Å². The highest BCUT2D eigenvalue weighted by atomic mass is 32.2. The summed E-state index contributed by atoms with van der Waals surface area (Å²) in [5.41, 5.74) is 1.52. The molecule has 0 spiro atoms. The van der Waals surface area contributed by atoms with E-state index in [1.165, 1.54) is 4.31 Å². The van der Waals surface area contributed by atoms with Gasteiger partial charge in [0.1, 0.15) is 5.76 Å². The lowest BCUT2D eigenvalue weighted by Gasteiger charge is -2.28. The molecule has 0 bridgehead atoms. The number of aromatic nitrogens is 1. The number of hydrogen-bond donors (Lipinski definition) is 2. The zero-order valence-electron chi connectivity index (χ0n) is 11.4. The van der Waals surface area contributed by atoms with E-state index in [1.54, 1.807) is 20.8 Å². The Hall–Kier alpha value is -0.960. The summed E-state index contributed by atoms with van der Waals surface area (Å²) in [6, 6.07) is -0.355. The molecule has 2 heterocycles. The van der Waals surface area contributed by atoms with Gasteiger partial charge >= 0.3 is 0 Å². The van der Waals surface area contributed by atoms with Crippen LogP contribution in [-0.2, 0) is 10.2 Å². The van der Waals surface area contributed by atoms with Crippen LogP contribution in [0.4, 0.5) is 0 Å². The van der Waals surface area contributed by atoms with Crippen LogP contribution in [0.2, 0.25) is 0 Å². The largest absolute Gasteiger partial charge is 0.361 e. The molecule has 2 N–H and O–H groups in total. The first-order valence-corrected chi connectivity index (χ1v) is 7.76. The molecule has 1 aromatic rings. The van der Waals surface area contributed by atoms with Gasteiger partial charge in [0.15, 0.2) is 0 Å². The Morgan fingerprint density at radius 3 is 2.53 bits per heavy atom. The fourth-order valence-corrected chi connectivity index (χ4v) is 3.73. The number of hydrogen-bond acceptors (Lipinski definition) is 5. The van der Waals surface area contributed by atoms with Crippen molar-refractivity contribution in [3.8, 4) is 0 Å². The van der Waals surface area contributed by atoms with Gasteiger partial charge in [0.25, 0.3) is 10.2 Å². The predicted molar refractivity (Wildman–Crippen MR) is 70.9 cm³/mol. The minimum absolute atomic E-state index is 0.355. The SMILES string of the molecule is Cc1noc(C)c1C(C)NS(=O)(=O)N1CCNCC1. The van der Waals surface area contributed by atoms with Crippen LogP contribution in [0.25, 0.3) is 0 Å². The van der Waals surface area contributed by atoms with Gasteiger partial charge in [0, 0.05) is 31.7 Å². The van der Waals surface area contributed by atoms with Crippen LogP contribution in [0.3, 0.4) is 0 Å². The van der Waals surface area contributed by atoms with E-state index in [0.29, 0.717) is 37.6 Å². The molecule has 1 atom stereocenters. The first-order chi connectivity index (χ1) is 8.92. The minimum atomic E-state index is -3.47. The van der Waals surface area contributed by atoms with Crippen molar-refractivity contribution >= 4 is 10.2 Å². The molecule has 108 valence electrons. The number of nitrogens with one attached hydrogen (secondary N) is 2. The topological polar surface area (TPSA) is 87.5 Å². The molecule has 1 aliphatic heterocycles. The number of aryl methyl sites for hydroxylation is 2. The highest BCUT2D eigenvalue weighted by Gasteiger charge is 2.27. The summed E-state index contributed by atoms with van der Waals surface area (Å²) >= 11 is 0. The second kappa shape index (κ2) is 5.58. The number of piperazine rings is 1. The monoisotopic (exact) mass is 288 g/mol. The van der Waals surface area contributed by atoms with Crippen molar-refractivity contribution in [2.24, 2.45) is 0 Å². The van der Waals surface area contributed by atoms with Crippen molar-refractivity contribution in [1.82, 2.24) is 19.5 Å². The molecule has 1 aliphatic rings. The molecule has 1 saturated heterocycles. The van der Waals surface area contributed by atoms with E-state index in [9.17, 15) is 8.42 Å². The van der Waals surface area contributed by atoms with Gasteiger partial charge in [-0.2, -0.15) is 17.4 Å². The molecule has 2 rings (SSSR count). The molecule has 0 saturated carbocycles.